The van der Waals surface area contributed by atoms with Crippen LogP contribution in [-0.2, 0) is 26.4 Å². The molecule has 0 fully saturated rings. The SMILES string of the molecule is C=Nc1c([C](=[W])C(C)(C)C)c(C)c(C)n1C. The predicted octanol–water partition coefficient (Wildman–Crippen LogP) is 3.09. The molecule has 1 heterocycles. The molecule has 0 amide bonds. The molecular weight excluding hydrogens is 368 g/mol. The Kier molecular flexibility index (Phi) is 3.74. The van der Waals surface area contributed by atoms with Crippen LogP contribution >= 0.6 is 0 Å². The van der Waals surface area contributed by atoms with E-state index in [1.807, 2.05) is 0 Å². The Morgan fingerprint density at radius 2 is 1.81 bits per heavy atom. The summed E-state index contributed by atoms with van der Waals surface area (Å²) in [4.78, 5) is 4.19. The van der Waals surface area contributed by atoms with Crippen LogP contribution in [0.4, 0.5) is 5.82 Å². The van der Waals surface area contributed by atoms with Gasteiger partial charge in [-0.15, -0.1) is 0 Å². The van der Waals surface area contributed by atoms with Gasteiger partial charge in [-0.1, -0.05) is 0 Å². The molecule has 0 aliphatic heterocycles. The fraction of sp³-hybridized carbons (Fsp3) is 0.538. The van der Waals surface area contributed by atoms with Crippen molar-refractivity contribution in [1.82, 2.24) is 4.57 Å². The van der Waals surface area contributed by atoms with Crippen molar-refractivity contribution in [2.45, 2.75) is 34.6 Å². The molecule has 0 aliphatic rings. The van der Waals surface area contributed by atoms with E-state index < -0.39 is 0 Å². The molecule has 0 spiro atoms. The van der Waals surface area contributed by atoms with Crippen LogP contribution in [0, 0.1) is 19.3 Å². The zero-order chi connectivity index (χ0) is 12.7. The summed E-state index contributed by atoms with van der Waals surface area (Å²) in [6.07, 6.45) is 0. The average Bonchev–Trinajstić information content (AvgIpc) is 2.39. The first kappa shape index (κ1) is 13.6. The molecule has 3 heteroatoms. The van der Waals surface area contributed by atoms with E-state index in [9.17, 15) is 0 Å². The molecule has 0 saturated heterocycles. The summed E-state index contributed by atoms with van der Waals surface area (Å²) < 4.78 is 3.59. The normalized spacial score (nSPS) is 11.6. The van der Waals surface area contributed by atoms with E-state index >= 15 is 0 Å². The second-order valence-corrected chi connectivity index (χ2v) is 6.67. The Morgan fingerprint density at radius 3 is 2.19 bits per heavy atom. The van der Waals surface area contributed by atoms with Crippen molar-refractivity contribution in [3.05, 3.63) is 16.8 Å². The number of aliphatic imine (C=N–C) groups is 1. The molecule has 1 aromatic heterocycles. The second-order valence-electron chi connectivity index (χ2n) is 5.21. The summed E-state index contributed by atoms with van der Waals surface area (Å²) in [6, 6.07) is 0. The average molecular weight is 388 g/mol. The third-order valence-corrected chi connectivity index (χ3v) is 5.95. The van der Waals surface area contributed by atoms with Crippen molar-refractivity contribution in [2.75, 3.05) is 0 Å². The fourth-order valence-electron chi connectivity index (χ4n) is 1.76. The molecule has 2 nitrogen and oxygen atoms in total. The summed E-state index contributed by atoms with van der Waals surface area (Å²) >= 11 is 1.51. The summed E-state index contributed by atoms with van der Waals surface area (Å²) in [5, 5.41) is 0. The molecule has 0 atom stereocenters. The Morgan fingerprint density at radius 1 is 1.31 bits per heavy atom. The van der Waals surface area contributed by atoms with Crippen LogP contribution in [-0.4, -0.2) is 15.2 Å². The topological polar surface area (TPSA) is 17.3 Å². The van der Waals surface area contributed by atoms with Gasteiger partial charge in [-0.05, 0) is 0 Å². The van der Waals surface area contributed by atoms with Crippen LogP contribution in [0.2, 0.25) is 0 Å². The zero-order valence-electron chi connectivity index (χ0n) is 11.0. The Hall–Kier alpha value is -0.492. The molecule has 0 aliphatic carbocycles. The van der Waals surface area contributed by atoms with Crippen molar-refractivity contribution in [2.24, 2.45) is 17.5 Å². The van der Waals surface area contributed by atoms with Gasteiger partial charge in [0, 0.05) is 0 Å². The van der Waals surface area contributed by atoms with Crippen molar-refractivity contribution in [1.29, 1.82) is 0 Å². The second kappa shape index (κ2) is 4.41. The van der Waals surface area contributed by atoms with E-state index in [0.717, 1.165) is 5.82 Å². The maximum absolute atomic E-state index is 4.19. The molecule has 88 valence electrons. The van der Waals surface area contributed by atoms with Crippen LogP contribution in [0.3, 0.4) is 0 Å². The van der Waals surface area contributed by atoms with Crippen LogP contribution < -0.4 is 0 Å². The van der Waals surface area contributed by atoms with Crippen LogP contribution in [0.5, 0.6) is 0 Å². The monoisotopic (exact) mass is 388 g/mol. The first-order valence-corrected chi connectivity index (χ1v) is 6.86. The number of hydrogen-bond acceptors (Lipinski definition) is 1. The van der Waals surface area contributed by atoms with Crippen molar-refractivity contribution in [3.63, 3.8) is 0 Å². The molecule has 0 bridgehead atoms. The Bertz CT molecular complexity index is 447. The summed E-state index contributed by atoms with van der Waals surface area (Å²) in [5.74, 6) is 1.01. The van der Waals surface area contributed by atoms with Gasteiger partial charge >= 0.3 is 109 Å². The van der Waals surface area contributed by atoms with Crippen molar-refractivity contribution < 1.29 is 19.4 Å². The van der Waals surface area contributed by atoms with Gasteiger partial charge in [0.2, 0.25) is 0 Å². The first-order valence-electron chi connectivity index (χ1n) is 5.39. The third-order valence-electron chi connectivity index (χ3n) is 3.02. The molecule has 1 rings (SSSR count). The molecule has 0 radical (unpaired) electrons. The van der Waals surface area contributed by atoms with E-state index in [-0.39, 0.29) is 5.41 Å². The van der Waals surface area contributed by atoms with Gasteiger partial charge in [0.15, 0.2) is 0 Å². The van der Waals surface area contributed by atoms with E-state index in [2.05, 4.69) is 57.9 Å². The molecule has 0 unspecified atom stereocenters. The number of hydrogen-bond donors (Lipinski definition) is 0. The molecule has 0 N–H and O–H groups in total. The van der Waals surface area contributed by atoms with Gasteiger partial charge in [-0.25, -0.2) is 0 Å². The summed E-state index contributed by atoms with van der Waals surface area (Å²) in [6.45, 7) is 14.8. The van der Waals surface area contributed by atoms with Gasteiger partial charge in [0.1, 0.15) is 0 Å². The van der Waals surface area contributed by atoms with Crippen molar-refractivity contribution in [3.8, 4) is 0 Å². The van der Waals surface area contributed by atoms with Gasteiger partial charge in [-0.2, -0.15) is 0 Å². The molecule has 0 saturated carbocycles. The Balaban J connectivity index is 3.51. The predicted molar refractivity (Wildman–Crippen MR) is 67.7 cm³/mol. The van der Waals surface area contributed by atoms with Gasteiger partial charge in [0.25, 0.3) is 0 Å². The standard InChI is InChI=1S/C13H20N2.W/c1-9-10(2)15(7)12(14-6)11(9)8-13(3,4)5;/h6H2,1-5,7H3;. The molecule has 16 heavy (non-hydrogen) atoms. The quantitative estimate of drug-likeness (QED) is 0.694. The van der Waals surface area contributed by atoms with E-state index in [1.54, 1.807) is 0 Å². The van der Waals surface area contributed by atoms with Crippen LogP contribution in [0.1, 0.15) is 37.6 Å². The summed E-state index contributed by atoms with van der Waals surface area (Å²) in [7, 11) is 2.06. The number of nitrogens with zero attached hydrogens (tertiary/aromatic N) is 2. The van der Waals surface area contributed by atoms with E-state index in [4.69, 9.17) is 0 Å². The van der Waals surface area contributed by atoms with Gasteiger partial charge < -0.3 is 0 Å². The number of aromatic nitrogens is 1. The molecule has 1 aromatic rings. The first-order chi connectivity index (χ1) is 7.21. The Labute approximate surface area is 109 Å². The summed E-state index contributed by atoms with van der Waals surface area (Å²) in [5.41, 5.74) is 4.12. The zero-order valence-corrected chi connectivity index (χ0v) is 13.9. The van der Waals surface area contributed by atoms with Gasteiger partial charge in [-0.3, -0.25) is 0 Å². The van der Waals surface area contributed by atoms with Crippen LogP contribution in [0.15, 0.2) is 4.99 Å². The van der Waals surface area contributed by atoms with Gasteiger partial charge in [0.05, 0.1) is 0 Å². The molecule has 0 aromatic carbocycles. The fourth-order valence-corrected chi connectivity index (χ4v) is 2.64. The maximum atomic E-state index is 4.19. The van der Waals surface area contributed by atoms with Crippen LogP contribution in [0.25, 0.3) is 0 Å². The van der Waals surface area contributed by atoms with Crippen molar-refractivity contribution >= 4 is 16.4 Å². The third kappa shape index (κ3) is 2.13. The van der Waals surface area contributed by atoms with E-state index in [0.29, 0.717) is 0 Å². The number of rotatable bonds is 2. The minimum atomic E-state index is 0.202. The molecular formula is C13H20N2W. The van der Waals surface area contributed by atoms with E-state index in [1.165, 1.54) is 40.1 Å². The minimum absolute atomic E-state index is 0.202.